The SMILES string of the molecule is COc1ccc(CCNC(=O)c2cc(-c3cccc(F)c3)nc3c2cnn3C)cc1. The van der Waals surface area contributed by atoms with Crippen LogP contribution in [-0.2, 0) is 13.5 Å². The van der Waals surface area contributed by atoms with Gasteiger partial charge in [0.2, 0.25) is 0 Å². The zero-order valence-corrected chi connectivity index (χ0v) is 16.7. The van der Waals surface area contributed by atoms with E-state index in [1.807, 2.05) is 24.3 Å². The van der Waals surface area contributed by atoms with E-state index in [2.05, 4.69) is 15.4 Å². The number of hydrogen-bond donors (Lipinski definition) is 1. The highest BCUT2D eigenvalue weighted by Gasteiger charge is 2.16. The summed E-state index contributed by atoms with van der Waals surface area (Å²) in [5.74, 6) is 0.217. The molecule has 152 valence electrons. The van der Waals surface area contributed by atoms with E-state index in [4.69, 9.17) is 4.74 Å². The van der Waals surface area contributed by atoms with Gasteiger partial charge in [0.25, 0.3) is 5.91 Å². The van der Waals surface area contributed by atoms with E-state index in [9.17, 15) is 9.18 Å². The van der Waals surface area contributed by atoms with Crippen molar-refractivity contribution in [3.05, 3.63) is 77.7 Å². The fourth-order valence-corrected chi connectivity index (χ4v) is 3.31. The van der Waals surface area contributed by atoms with Crippen molar-refractivity contribution in [2.75, 3.05) is 13.7 Å². The van der Waals surface area contributed by atoms with Crippen molar-refractivity contribution in [2.24, 2.45) is 7.05 Å². The first-order valence-corrected chi connectivity index (χ1v) is 9.55. The molecule has 0 saturated carbocycles. The molecule has 1 amide bonds. The van der Waals surface area contributed by atoms with Gasteiger partial charge in [0.15, 0.2) is 5.65 Å². The zero-order valence-electron chi connectivity index (χ0n) is 16.7. The Balaban J connectivity index is 1.58. The number of benzene rings is 2. The van der Waals surface area contributed by atoms with Crippen LogP contribution in [0, 0.1) is 5.82 Å². The molecule has 0 unspecified atom stereocenters. The van der Waals surface area contributed by atoms with Gasteiger partial charge in [-0.15, -0.1) is 0 Å². The highest BCUT2D eigenvalue weighted by molar-refractivity contribution is 6.06. The number of pyridine rings is 1. The minimum Gasteiger partial charge on any atom is -0.497 e. The van der Waals surface area contributed by atoms with Crippen molar-refractivity contribution >= 4 is 16.9 Å². The number of ether oxygens (including phenoxy) is 1. The number of carbonyl (C=O) groups excluding carboxylic acids is 1. The Morgan fingerprint density at radius 2 is 1.97 bits per heavy atom. The van der Waals surface area contributed by atoms with Crippen LogP contribution < -0.4 is 10.1 Å². The maximum atomic E-state index is 13.7. The van der Waals surface area contributed by atoms with Gasteiger partial charge in [0, 0.05) is 19.2 Å². The summed E-state index contributed by atoms with van der Waals surface area (Å²) in [5.41, 5.74) is 3.24. The van der Waals surface area contributed by atoms with Gasteiger partial charge in [-0.2, -0.15) is 5.10 Å². The Labute approximate surface area is 173 Å². The molecule has 7 heteroatoms. The van der Waals surface area contributed by atoms with E-state index in [-0.39, 0.29) is 11.7 Å². The van der Waals surface area contributed by atoms with Crippen LogP contribution in [0.1, 0.15) is 15.9 Å². The topological polar surface area (TPSA) is 69.0 Å². The molecule has 6 nitrogen and oxygen atoms in total. The number of hydrogen-bond acceptors (Lipinski definition) is 4. The zero-order chi connectivity index (χ0) is 21.1. The molecule has 30 heavy (non-hydrogen) atoms. The van der Waals surface area contributed by atoms with Gasteiger partial charge in [-0.05, 0) is 42.3 Å². The quantitative estimate of drug-likeness (QED) is 0.531. The number of halogens is 1. The highest BCUT2D eigenvalue weighted by atomic mass is 19.1. The normalized spacial score (nSPS) is 10.9. The first-order valence-electron chi connectivity index (χ1n) is 9.55. The molecule has 2 heterocycles. The number of rotatable bonds is 6. The minimum absolute atomic E-state index is 0.221. The van der Waals surface area contributed by atoms with Gasteiger partial charge in [-0.3, -0.25) is 9.48 Å². The molecule has 4 rings (SSSR count). The van der Waals surface area contributed by atoms with Crippen molar-refractivity contribution in [3.8, 4) is 17.0 Å². The van der Waals surface area contributed by atoms with Crippen LogP contribution in [0.5, 0.6) is 5.75 Å². The van der Waals surface area contributed by atoms with Crippen LogP contribution >= 0.6 is 0 Å². The summed E-state index contributed by atoms with van der Waals surface area (Å²) in [4.78, 5) is 17.5. The van der Waals surface area contributed by atoms with Crippen LogP contribution in [-0.4, -0.2) is 34.3 Å². The van der Waals surface area contributed by atoms with Crippen LogP contribution in [0.3, 0.4) is 0 Å². The summed E-state index contributed by atoms with van der Waals surface area (Å²) in [6.45, 7) is 0.477. The Hall–Kier alpha value is -3.74. The van der Waals surface area contributed by atoms with E-state index in [1.165, 1.54) is 12.1 Å². The molecule has 0 spiro atoms. The Morgan fingerprint density at radius 3 is 2.70 bits per heavy atom. The lowest BCUT2D eigenvalue weighted by Crippen LogP contribution is -2.26. The molecule has 0 atom stereocenters. The molecule has 2 aromatic heterocycles. The summed E-state index contributed by atoms with van der Waals surface area (Å²) in [7, 11) is 3.39. The van der Waals surface area contributed by atoms with Gasteiger partial charge in [0.1, 0.15) is 11.6 Å². The first-order chi connectivity index (χ1) is 14.5. The lowest BCUT2D eigenvalue weighted by Gasteiger charge is -2.09. The van der Waals surface area contributed by atoms with Gasteiger partial charge in [-0.25, -0.2) is 9.37 Å². The Bertz CT molecular complexity index is 1200. The number of amides is 1. The van der Waals surface area contributed by atoms with E-state index in [0.29, 0.717) is 40.8 Å². The molecule has 0 aliphatic rings. The van der Waals surface area contributed by atoms with Gasteiger partial charge < -0.3 is 10.1 Å². The van der Waals surface area contributed by atoms with Gasteiger partial charge in [0.05, 0.1) is 30.0 Å². The van der Waals surface area contributed by atoms with Crippen LogP contribution in [0.25, 0.3) is 22.3 Å². The molecule has 0 fully saturated rings. The Morgan fingerprint density at radius 1 is 1.17 bits per heavy atom. The smallest absolute Gasteiger partial charge is 0.252 e. The van der Waals surface area contributed by atoms with Crippen LogP contribution in [0.15, 0.2) is 60.8 Å². The molecule has 0 aliphatic carbocycles. The fourth-order valence-electron chi connectivity index (χ4n) is 3.31. The molecule has 0 aliphatic heterocycles. The monoisotopic (exact) mass is 404 g/mol. The summed E-state index contributed by atoms with van der Waals surface area (Å²) in [6, 6.07) is 15.6. The number of carbonyl (C=O) groups is 1. The minimum atomic E-state index is -0.357. The summed E-state index contributed by atoms with van der Waals surface area (Å²) in [5, 5.41) is 7.83. The average Bonchev–Trinajstić information content (AvgIpc) is 3.14. The van der Waals surface area contributed by atoms with E-state index in [0.717, 1.165) is 11.3 Å². The fraction of sp³-hybridized carbons (Fsp3) is 0.174. The first kappa shape index (κ1) is 19.6. The average molecular weight is 404 g/mol. The van der Waals surface area contributed by atoms with E-state index >= 15 is 0 Å². The van der Waals surface area contributed by atoms with Crippen molar-refractivity contribution in [3.63, 3.8) is 0 Å². The molecule has 4 aromatic rings. The van der Waals surface area contributed by atoms with Gasteiger partial charge in [-0.1, -0.05) is 24.3 Å². The Kier molecular flexibility index (Phi) is 5.43. The number of aryl methyl sites for hydroxylation is 1. The van der Waals surface area contributed by atoms with Crippen LogP contribution in [0.2, 0.25) is 0 Å². The molecule has 2 aromatic carbocycles. The standard InChI is InChI=1S/C23H21FN4O2/c1-28-22-20(14-26-28)19(13-21(27-22)16-4-3-5-17(24)12-16)23(29)25-11-10-15-6-8-18(30-2)9-7-15/h3-9,12-14H,10-11H2,1-2H3,(H,25,29). The number of nitrogens with one attached hydrogen (secondary N) is 1. The predicted octanol–water partition coefficient (Wildman–Crippen LogP) is 3.76. The van der Waals surface area contributed by atoms with Crippen molar-refractivity contribution < 1.29 is 13.9 Å². The second-order valence-corrected chi connectivity index (χ2v) is 6.92. The molecular weight excluding hydrogens is 383 g/mol. The molecular formula is C23H21FN4O2. The van der Waals surface area contributed by atoms with Crippen molar-refractivity contribution in [1.82, 2.24) is 20.1 Å². The number of nitrogens with zero attached hydrogens (tertiary/aromatic N) is 3. The lowest BCUT2D eigenvalue weighted by atomic mass is 10.1. The maximum Gasteiger partial charge on any atom is 0.252 e. The lowest BCUT2D eigenvalue weighted by molar-refractivity contribution is 0.0955. The third-order valence-electron chi connectivity index (χ3n) is 4.93. The molecule has 0 radical (unpaired) electrons. The maximum absolute atomic E-state index is 13.7. The summed E-state index contributed by atoms with van der Waals surface area (Å²) >= 11 is 0. The largest absolute Gasteiger partial charge is 0.497 e. The third kappa shape index (κ3) is 4.00. The summed E-state index contributed by atoms with van der Waals surface area (Å²) in [6.07, 6.45) is 2.31. The molecule has 0 bridgehead atoms. The molecule has 1 N–H and O–H groups in total. The summed E-state index contributed by atoms with van der Waals surface area (Å²) < 4.78 is 20.5. The van der Waals surface area contributed by atoms with E-state index < -0.39 is 0 Å². The van der Waals surface area contributed by atoms with Crippen molar-refractivity contribution in [1.29, 1.82) is 0 Å². The van der Waals surface area contributed by atoms with Gasteiger partial charge >= 0.3 is 0 Å². The van der Waals surface area contributed by atoms with E-state index in [1.54, 1.807) is 43.2 Å². The number of aromatic nitrogens is 3. The van der Waals surface area contributed by atoms with Crippen molar-refractivity contribution in [2.45, 2.75) is 6.42 Å². The number of fused-ring (bicyclic) bond motifs is 1. The number of methoxy groups -OCH3 is 1. The second kappa shape index (κ2) is 8.32. The third-order valence-corrected chi connectivity index (χ3v) is 4.93. The second-order valence-electron chi connectivity index (χ2n) is 6.92. The van der Waals surface area contributed by atoms with Crippen LogP contribution in [0.4, 0.5) is 4.39 Å². The highest BCUT2D eigenvalue weighted by Crippen LogP contribution is 2.25. The molecule has 0 saturated heterocycles. The predicted molar refractivity (Wildman–Crippen MR) is 113 cm³/mol.